The highest BCUT2D eigenvalue weighted by atomic mass is 19.1. The van der Waals surface area contributed by atoms with E-state index in [0.29, 0.717) is 30.9 Å². The van der Waals surface area contributed by atoms with Crippen LogP contribution in [0.25, 0.3) is 11.3 Å². The van der Waals surface area contributed by atoms with Crippen LogP contribution in [-0.4, -0.2) is 82.2 Å². The molecule has 1 N–H and O–H groups in total. The zero-order chi connectivity index (χ0) is 25.8. The van der Waals surface area contributed by atoms with Crippen LogP contribution in [0.5, 0.6) is 5.75 Å². The molecule has 1 aromatic carbocycles. The zero-order valence-electron chi connectivity index (χ0n) is 20.8. The van der Waals surface area contributed by atoms with Gasteiger partial charge in [0.1, 0.15) is 23.7 Å². The number of benzene rings is 1. The van der Waals surface area contributed by atoms with Crippen LogP contribution < -0.4 is 9.64 Å². The van der Waals surface area contributed by atoms with Gasteiger partial charge in [-0.2, -0.15) is 0 Å². The number of hydrogen-bond acceptors (Lipinski definition) is 6. The van der Waals surface area contributed by atoms with Gasteiger partial charge in [0.15, 0.2) is 11.6 Å². The number of piperazine rings is 1. The van der Waals surface area contributed by atoms with E-state index in [1.165, 1.54) is 6.08 Å². The van der Waals surface area contributed by atoms with Gasteiger partial charge in [-0.25, -0.2) is 9.37 Å². The predicted molar refractivity (Wildman–Crippen MR) is 134 cm³/mol. The lowest BCUT2D eigenvalue weighted by atomic mass is 9.99. The van der Waals surface area contributed by atoms with Crippen molar-refractivity contribution in [2.75, 3.05) is 37.7 Å². The smallest absolute Gasteiger partial charge is 0.262 e. The monoisotopic (exact) mass is 494 g/mol. The molecule has 2 aromatic rings. The van der Waals surface area contributed by atoms with Crippen LogP contribution in [-0.2, 0) is 4.79 Å². The maximum Gasteiger partial charge on any atom is 0.262 e. The second-order valence-electron chi connectivity index (χ2n) is 10.3. The molecule has 8 nitrogen and oxygen atoms in total. The fraction of sp³-hybridized carbons (Fsp3) is 0.444. The summed E-state index contributed by atoms with van der Waals surface area (Å²) < 4.78 is 22.2. The van der Waals surface area contributed by atoms with Crippen molar-refractivity contribution < 1.29 is 23.8 Å². The van der Waals surface area contributed by atoms with E-state index >= 15 is 4.39 Å². The Balaban J connectivity index is 1.68. The number of aliphatic hydroxyl groups excluding tert-OH is 1. The number of amides is 2. The lowest BCUT2D eigenvalue weighted by Gasteiger charge is -2.40. The number of nitrogens with zero attached hydrogens (tertiary/aromatic N) is 4. The average Bonchev–Trinajstić information content (AvgIpc) is 3.04. The first-order valence-electron chi connectivity index (χ1n) is 12.2. The Bertz CT molecular complexity index is 1250. The van der Waals surface area contributed by atoms with Gasteiger partial charge in [-0.1, -0.05) is 30.8 Å². The van der Waals surface area contributed by atoms with Crippen LogP contribution in [0.1, 0.15) is 36.2 Å². The molecule has 0 spiro atoms. The number of pyridine rings is 1. The summed E-state index contributed by atoms with van der Waals surface area (Å²) in [4.78, 5) is 36.1. The van der Waals surface area contributed by atoms with E-state index in [9.17, 15) is 14.7 Å². The minimum Gasteiger partial charge on any atom is -0.487 e. The molecule has 3 aliphatic rings. The maximum atomic E-state index is 16.1. The van der Waals surface area contributed by atoms with Gasteiger partial charge in [-0.15, -0.1) is 0 Å². The number of fused-ring (bicyclic) bond motifs is 2. The second-order valence-corrected chi connectivity index (χ2v) is 10.3. The highest BCUT2D eigenvalue weighted by Crippen LogP contribution is 2.43. The van der Waals surface area contributed by atoms with Crippen LogP contribution >= 0.6 is 0 Å². The number of halogens is 1. The first-order chi connectivity index (χ1) is 17.1. The molecule has 1 unspecified atom stereocenters. The quantitative estimate of drug-likeness (QED) is 0.661. The van der Waals surface area contributed by atoms with Crippen molar-refractivity contribution in [3.8, 4) is 17.0 Å². The van der Waals surface area contributed by atoms with Gasteiger partial charge in [0.25, 0.3) is 5.91 Å². The maximum absolute atomic E-state index is 16.1. The number of hydrogen-bond donors (Lipinski definition) is 1. The van der Waals surface area contributed by atoms with Crippen LogP contribution in [0.15, 0.2) is 36.9 Å². The van der Waals surface area contributed by atoms with E-state index in [1.807, 2.05) is 43.9 Å². The molecule has 0 bridgehead atoms. The molecule has 36 heavy (non-hydrogen) atoms. The summed E-state index contributed by atoms with van der Waals surface area (Å²) in [6.45, 7) is 10.6. The fourth-order valence-electron chi connectivity index (χ4n) is 5.57. The van der Waals surface area contributed by atoms with E-state index in [-0.39, 0.29) is 48.5 Å². The number of rotatable bonds is 3. The first kappa shape index (κ1) is 24.2. The SMILES string of the molecule is C=CC(=O)N1CCN2C(=O)c3c(N4CC(O)CC4(C)C)nc(-c4ccccc4C)c(F)c3OC[C@H]2C1. The lowest BCUT2D eigenvalue weighted by molar-refractivity contribution is -0.128. The van der Waals surface area contributed by atoms with E-state index in [2.05, 4.69) is 6.58 Å². The van der Waals surface area contributed by atoms with E-state index in [1.54, 1.807) is 15.9 Å². The Hall–Kier alpha value is -3.46. The predicted octanol–water partition coefficient (Wildman–Crippen LogP) is 2.78. The van der Waals surface area contributed by atoms with E-state index in [0.717, 1.165) is 5.56 Å². The Labute approximate surface area is 210 Å². The minimum atomic E-state index is -0.687. The Kier molecular flexibility index (Phi) is 5.98. The normalized spacial score (nSPS) is 23.0. The largest absolute Gasteiger partial charge is 0.487 e. The van der Waals surface area contributed by atoms with Crippen molar-refractivity contribution in [1.29, 1.82) is 0 Å². The lowest BCUT2D eigenvalue weighted by Crippen LogP contribution is -2.57. The van der Waals surface area contributed by atoms with Crippen molar-refractivity contribution in [1.82, 2.24) is 14.8 Å². The van der Waals surface area contributed by atoms with Crippen molar-refractivity contribution in [2.24, 2.45) is 0 Å². The van der Waals surface area contributed by atoms with Crippen LogP contribution in [0.3, 0.4) is 0 Å². The van der Waals surface area contributed by atoms with Gasteiger partial charge in [0, 0.05) is 37.3 Å². The fourth-order valence-corrected chi connectivity index (χ4v) is 5.57. The zero-order valence-corrected chi connectivity index (χ0v) is 20.8. The number of aryl methyl sites for hydroxylation is 1. The van der Waals surface area contributed by atoms with Crippen molar-refractivity contribution in [3.63, 3.8) is 0 Å². The van der Waals surface area contributed by atoms with E-state index in [4.69, 9.17) is 9.72 Å². The number of aliphatic hydroxyl groups is 1. The molecule has 2 atom stereocenters. The molecule has 190 valence electrons. The molecule has 0 saturated carbocycles. The van der Waals surface area contributed by atoms with Crippen molar-refractivity contribution in [2.45, 2.75) is 44.9 Å². The Morgan fingerprint density at radius 2 is 2.03 bits per heavy atom. The summed E-state index contributed by atoms with van der Waals surface area (Å²) in [5.74, 6) is -1.11. The molecule has 1 aromatic heterocycles. The molecule has 4 heterocycles. The number of anilines is 1. The molecule has 5 rings (SSSR count). The molecule has 2 fully saturated rings. The Morgan fingerprint density at radius 3 is 2.69 bits per heavy atom. The summed E-state index contributed by atoms with van der Waals surface area (Å²) in [6.07, 6.45) is 1.13. The third kappa shape index (κ3) is 3.91. The van der Waals surface area contributed by atoms with Crippen LogP contribution in [0.4, 0.5) is 10.2 Å². The van der Waals surface area contributed by atoms with Gasteiger partial charge < -0.3 is 24.5 Å². The first-order valence-corrected chi connectivity index (χ1v) is 12.2. The minimum absolute atomic E-state index is 0.0409. The highest BCUT2D eigenvalue weighted by molar-refractivity contribution is 6.03. The van der Waals surface area contributed by atoms with Crippen molar-refractivity contribution >= 4 is 17.6 Å². The molecule has 9 heteroatoms. The van der Waals surface area contributed by atoms with Gasteiger partial charge in [0.05, 0.1) is 12.1 Å². The molecule has 2 amide bonds. The Morgan fingerprint density at radius 1 is 1.28 bits per heavy atom. The number of carbonyl (C=O) groups is 2. The summed E-state index contributed by atoms with van der Waals surface area (Å²) >= 11 is 0. The molecule has 0 aliphatic carbocycles. The topological polar surface area (TPSA) is 86.2 Å². The summed E-state index contributed by atoms with van der Waals surface area (Å²) in [6, 6.07) is 6.92. The number of aromatic nitrogens is 1. The van der Waals surface area contributed by atoms with Crippen LogP contribution in [0.2, 0.25) is 0 Å². The highest BCUT2D eigenvalue weighted by Gasteiger charge is 2.45. The molecular weight excluding hydrogens is 463 g/mol. The van der Waals surface area contributed by atoms with Gasteiger partial charge in [-0.3, -0.25) is 9.59 Å². The van der Waals surface area contributed by atoms with Gasteiger partial charge in [0.2, 0.25) is 5.91 Å². The third-order valence-corrected chi connectivity index (χ3v) is 7.45. The standard InChI is InChI=1S/C27H31FN4O4/c1-5-20(34)30-10-11-31-17(13-30)15-36-24-21(26(31)35)25(32-14-18(33)12-27(32,3)4)29-23(22(24)28)19-9-7-6-8-16(19)2/h5-9,17-18,33H,1,10-15H2,2-4H3/t17-,18?/m1/s1. The average molecular weight is 495 g/mol. The molecule has 2 saturated heterocycles. The summed E-state index contributed by atoms with van der Waals surface area (Å²) in [7, 11) is 0. The van der Waals surface area contributed by atoms with E-state index < -0.39 is 23.5 Å². The summed E-state index contributed by atoms with van der Waals surface area (Å²) in [5.41, 5.74) is 1.11. The third-order valence-electron chi connectivity index (χ3n) is 7.45. The second kappa shape index (κ2) is 8.89. The number of β-amino-alcohol motifs (C(OH)–C–C–N with tert-alkyl or cyclic N) is 1. The van der Waals surface area contributed by atoms with Crippen LogP contribution in [0, 0.1) is 12.7 Å². The summed E-state index contributed by atoms with van der Waals surface area (Å²) in [5, 5.41) is 10.5. The number of ether oxygens (including phenoxy) is 1. The molecular formula is C27H31FN4O4. The number of carbonyl (C=O) groups excluding carboxylic acids is 2. The van der Waals surface area contributed by atoms with Gasteiger partial charge in [-0.05, 0) is 38.8 Å². The van der Waals surface area contributed by atoms with Crippen molar-refractivity contribution in [3.05, 3.63) is 53.9 Å². The molecule has 3 aliphatic heterocycles. The van der Waals surface area contributed by atoms with Gasteiger partial charge >= 0.3 is 0 Å². The molecule has 0 radical (unpaired) electrons.